The highest BCUT2D eigenvalue weighted by atomic mass is 16.5. The van der Waals surface area contributed by atoms with Gasteiger partial charge in [0, 0.05) is 48.2 Å². The van der Waals surface area contributed by atoms with Gasteiger partial charge in [0.25, 0.3) is 5.91 Å². The number of benzene rings is 2. The maximum atomic E-state index is 14.0. The third-order valence-electron chi connectivity index (χ3n) is 11.3. The lowest BCUT2D eigenvalue weighted by molar-refractivity contribution is -0.144. The van der Waals surface area contributed by atoms with E-state index >= 15 is 0 Å². The smallest absolute Gasteiger partial charge is 0.349 e. The number of hydrogen-bond acceptors (Lipinski definition) is 8. The second-order valence-corrected chi connectivity index (χ2v) is 16.6. The van der Waals surface area contributed by atoms with Crippen LogP contribution in [0.4, 0.5) is 0 Å². The van der Waals surface area contributed by atoms with Crippen LogP contribution >= 0.6 is 0 Å². The number of fused-ring (bicyclic) bond motifs is 4. The summed E-state index contributed by atoms with van der Waals surface area (Å²) in [5.41, 5.74) is 0.0265. The van der Waals surface area contributed by atoms with Crippen LogP contribution in [-0.4, -0.2) is 36.9 Å². The molecule has 5 rings (SSSR count). The molecule has 2 atom stereocenters. The van der Waals surface area contributed by atoms with E-state index in [9.17, 15) is 19.2 Å². The highest BCUT2D eigenvalue weighted by Gasteiger charge is 2.48. The van der Waals surface area contributed by atoms with Crippen LogP contribution in [0.15, 0.2) is 45.6 Å². The first-order valence-electron chi connectivity index (χ1n) is 19.1. The first-order chi connectivity index (χ1) is 24.6. The Labute approximate surface area is 308 Å². The van der Waals surface area contributed by atoms with Crippen molar-refractivity contribution in [3.05, 3.63) is 63.5 Å². The molecule has 1 aliphatic heterocycles. The number of hydrogen-bond donors (Lipinski definition) is 1. The van der Waals surface area contributed by atoms with E-state index in [1.807, 2.05) is 19.9 Å². The van der Waals surface area contributed by atoms with Gasteiger partial charge in [-0.2, -0.15) is 0 Å². The molecule has 1 N–H and O–H groups in total. The molecular weight excluding hydrogens is 658 g/mol. The van der Waals surface area contributed by atoms with Crippen molar-refractivity contribution < 1.29 is 33.0 Å². The monoisotopic (exact) mass is 715 g/mol. The van der Waals surface area contributed by atoms with E-state index in [0.717, 1.165) is 36.1 Å². The molecule has 1 aromatic heterocycles. The minimum atomic E-state index is -0.820. The van der Waals surface area contributed by atoms with Gasteiger partial charge in [0.2, 0.25) is 0 Å². The van der Waals surface area contributed by atoms with Crippen molar-refractivity contribution in [2.45, 2.75) is 136 Å². The maximum absolute atomic E-state index is 14.0. The minimum absolute atomic E-state index is 0.0643. The topological polar surface area (TPSA) is 121 Å². The summed E-state index contributed by atoms with van der Waals surface area (Å²) in [7, 11) is 1.53. The number of methoxy groups -OCH3 is 1. The Hall–Kier alpha value is -4.14. The fraction of sp³-hybridized carbons (Fsp3) is 0.581. The Bertz CT molecular complexity index is 1850. The molecule has 282 valence electrons. The zero-order valence-corrected chi connectivity index (χ0v) is 32.4. The summed E-state index contributed by atoms with van der Waals surface area (Å²) in [5.74, 6) is 1.22. The molecule has 2 heterocycles. The molecule has 9 nitrogen and oxygen atoms in total. The molecule has 9 heteroatoms. The summed E-state index contributed by atoms with van der Waals surface area (Å²) in [6.45, 7) is 15.0. The number of ether oxygens (including phenoxy) is 3. The lowest BCUT2D eigenvalue weighted by atomic mass is 9.66. The van der Waals surface area contributed by atoms with Crippen LogP contribution < -0.4 is 25.2 Å². The predicted molar refractivity (Wildman–Crippen MR) is 203 cm³/mol. The van der Waals surface area contributed by atoms with Gasteiger partial charge >= 0.3 is 11.6 Å². The Balaban J connectivity index is 1.28. The van der Waals surface area contributed by atoms with Gasteiger partial charge in [-0.25, -0.2) is 4.79 Å². The quantitative estimate of drug-likeness (QED) is 0.0716. The normalized spacial score (nSPS) is 18.3. The molecule has 1 saturated carbocycles. The lowest BCUT2D eigenvalue weighted by Gasteiger charge is -2.47. The Morgan fingerprint density at radius 3 is 2.44 bits per heavy atom. The summed E-state index contributed by atoms with van der Waals surface area (Å²) in [4.78, 5) is 52.2. The summed E-state index contributed by atoms with van der Waals surface area (Å²) < 4.78 is 23.6. The van der Waals surface area contributed by atoms with Crippen molar-refractivity contribution >= 4 is 28.6 Å². The third kappa shape index (κ3) is 8.72. The molecule has 1 fully saturated rings. The number of carbonyl (C=O) groups excluding carboxylic acids is 3. The summed E-state index contributed by atoms with van der Waals surface area (Å²) in [5, 5.41) is 3.43. The van der Waals surface area contributed by atoms with Crippen molar-refractivity contribution in [1.29, 1.82) is 0 Å². The number of amides is 1. The fourth-order valence-corrected chi connectivity index (χ4v) is 7.87. The van der Waals surface area contributed by atoms with Gasteiger partial charge in [0.05, 0.1) is 12.5 Å². The van der Waals surface area contributed by atoms with E-state index in [1.54, 1.807) is 18.2 Å². The maximum Gasteiger partial charge on any atom is 0.349 e. The second kappa shape index (κ2) is 15.8. The Morgan fingerprint density at radius 1 is 0.962 bits per heavy atom. The SMILES string of the molecule is CCCCCCC(C)(C)c1cc(OC(=O)C(C)(C)CCCCNC(=O)c2cc3ccc(OC)cc3oc2=O)c2c(c1)OC(C)(C)[C@@H]1CCC(=O)C[C@@H]21. The van der Waals surface area contributed by atoms with Gasteiger partial charge in [-0.05, 0) is 94.7 Å². The van der Waals surface area contributed by atoms with Crippen LogP contribution in [0.3, 0.4) is 0 Å². The average Bonchev–Trinajstić information content (AvgIpc) is 3.08. The average molecular weight is 716 g/mol. The van der Waals surface area contributed by atoms with Crippen LogP contribution in [0.5, 0.6) is 17.2 Å². The van der Waals surface area contributed by atoms with Crippen molar-refractivity contribution in [1.82, 2.24) is 5.32 Å². The first kappa shape index (κ1) is 39.1. The van der Waals surface area contributed by atoms with Gasteiger partial charge < -0.3 is 23.9 Å². The third-order valence-corrected chi connectivity index (χ3v) is 11.3. The van der Waals surface area contributed by atoms with E-state index in [1.165, 1.54) is 32.4 Å². The van der Waals surface area contributed by atoms with E-state index in [4.69, 9.17) is 18.6 Å². The minimum Gasteiger partial charge on any atom is -0.497 e. The standard InChI is InChI=1S/C43H57NO8/c1-9-10-11-12-19-41(2,3)28-23-35(37-31-25-29(45)16-18-33(31)43(6,7)52-36(37)24-28)51-40(48)42(4,5)20-13-14-21-44-38(46)32-22-27-15-17-30(49-8)26-34(27)50-39(32)47/h15,17,22-24,26,31,33H,9-14,16,18-21,25H2,1-8H3,(H,44,46)/t31-,33-/m1/s1. The number of carbonyl (C=O) groups is 3. The molecule has 0 unspecified atom stereocenters. The zero-order valence-electron chi connectivity index (χ0n) is 32.4. The molecule has 1 aliphatic carbocycles. The molecule has 0 spiro atoms. The highest BCUT2D eigenvalue weighted by Crippen LogP contribution is 2.55. The van der Waals surface area contributed by atoms with Crippen molar-refractivity contribution in [2.75, 3.05) is 13.7 Å². The van der Waals surface area contributed by atoms with Gasteiger partial charge in [0.15, 0.2) is 0 Å². The van der Waals surface area contributed by atoms with Gasteiger partial charge in [0.1, 0.15) is 39.8 Å². The Morgan fingerprint density at radius 2 is 1.71 bits per heavy atom. The molecule has 0 saturated heterocycles. The molecule has 2 aromatic carbocycles. The van der Waals surface area contributed by atoms with Crippen LogP contribution in [0.2, 0.25) is 0 Å². The van der Waals surface area contributed by atoms with E-state index in [0.29, 0.717) is 61.1 Å². The molecule has 0 bridgehead atoms. The number of nitrogens with one attached hydrogen (secondary N) is 1. The first-order valence-corrected chi connectivity index (χ1v) is 19.1. The molecule has 2 aliphatic rings. The lowest BCUT2D eigenvalue weighted by Crippen LogP contribution is -2.47. The molecule has 0 radical (unpaired) electrons. The molecule has 52 heavy (non-hydrogen) atoms. The summed E-state index contributed by atoms with van der Waals surface area (Å²) in [6.07, 6.45) is 9.14. The highest BCUT2D eigenvalue weighted by molar-refractivity contribution is 5.96. The fourth-order valence-electron chi connectivity index (χ4n) is 7.87. The van der Waals surface area contributed by atoms with Crippen LogP contribution in [-0.2, 0) is 15.0 Å². The number of Topliss-reactive ketones (excluding diaryl/α,β-unsaturated/α-hetero) is 1. The number of ketones is 1. The second-order valence-electron chi connectivity index (χ2n) is 16.6. The number of esters is 1. The number of unbranched alkanes of at least 4 members (excludes halogenated alkanes) is 4. The van der Waals surface area contributed by atoms with Gasteiger partial charge in [-0.1, -0.05) is 52.9 Å². The summed E-state index contributed by atoms with van der Waals surface area (Å²) >= 11 is 0. The largest absolute Gasteiger partial charge is 0.497 e. The van der Waals surface area contributed by atoms with Crippen molar-refractivity contribution in [2.24, 2.45) is 11.3 Å². The van der Waals surface area contributed by atoms with E-state index in [-0.39, 0.29) is 34.6 Å². The van der Waals surface area contributed by atoms with Crippen LogP contribution in [0, 0.1) is 11.3 Å². The zero-order chi connectivity index (χ0) is 37.8. The van der Waals surface area contributed by atoms with E-state index < -0.39 is 22.5 Å². The summed E-state index contributed by atoms with van der Waals surface area (Å²) in [6, 6.07) is 10.8. The molecule has 3 aromatic rings. The molecule has 1 amide bonds. The van der Waals surface area contributed by atoms with Gasteiger partial charge in [-0.3, -0.25) is 14.4 Å². The Kier molecular flexibility index (Phi) is 11.9. The van der Waals surface area contributed by atoms with Crippen LogP contribution in [0.25, 0.3) is 11.0 Å². The van der Waals surface area contributed by atoms with Crippen molar-refractivity contribution in [3.8, 4) is 17.2 Å². The van der Waals surface area contributed by atoms with Gasteiger partial charge in [-0.15, -0.1) is 0 Å². The number of rotatable bonds is 15. The van der Waals surface area contributed by atoms with Crippen LogP contribution in [0.1, 0.15) is 146 Å². The molecular formula is C43H57NO8. The van der Waals surface area contributed by atoms with E-state index in [2.05, 4.69) is 46.0 Å². The van der Waals surface area contributed by atoms with Crippen molar-refractivity contribution in [3.63, 3.8) is 0 Å². The predicted octanol–water partition coefficient (Wildman–Crippen LogP) is 9.21.